The molecule has 0 radical (unpaired) electrons. The van der Waals surface area contributed by atoms with Crippen LogP contribution in [0.1, 0.15) is 52.4 Å². The van der Waals surface area contributed by atoms with Crippen molar-refractivity contribution in [3.63, 3.8) is 0 Å². The Kier molecular flexibility index (Phi) is 2.48. The zero-order valence-corrected chi connectivity index (χ0v) is 8.55. The minimum absolute atomic E-state index is 0.945. The highest BCUT2D eigenvalue weighted by Crippen LogP contribution is 2.49. The summed E-state index contributed by atoms with van der Waals surface area (Å²) >= 11 is 0. The quantitative estimate of drug-likeness (QED) is 0.514. The van der Waals surface area contributed by atoms with Crippen molar-refractivity contribution in [3.8, 4) is 0 Å². The van der Waals surface area contributed by atoms with Crippen LogP contribution < -0.4 is 0 Å². The second-order valence-corrected chi connectivity index (χ2v) is 5.20. The lowest BCUT2D eigenvalue weighted by Crippen LogP contribution is -2.36. The molecule has 1 heteroatoms. The van der Waals surface area contributed by atoms with E-state index < -0.39 is 0 Å². The minimum atomic E-state index is 0.945. The highest BCUT2D eigenvalue weighted by Gasteiger charge is 2.40. The van der Waals surface area contributed by atoms with Gasteiger partial charge in [0.2, 0.25) is 0 Å². The SMILES string of the molecule is CC(C)B1[C@H]2CCC[C@@H]1CCC2. The van der Waals surface area contributed by atoms with Gasteiger partial charge in [-0.2, -0.15) is 0 Å². The molecule has 2 heterocycles. The molecule has 0 saturated carbocycles. The molecular formula is C11H21B. The van der Waals surface area contributed by atoms with E-state index in [4.69, 9.17) is 0 Å². The molecule has 0 atom stereocenters. The van der Waals surface area contributed by atoms with Crippen LogP contribution in [-0.2, 0) is 0 Å². The van der Waals surface area contributed by atoms with E-state index in [2.05, 4.69) is 13.8 Å². The van der Waals surface area contributed by atoms with Crippen LogP contribution in [0.5, 0.6) is 0 Å². The van der Waals surface area contributed by atoms with Gasteiger partial charge in [0.1, 0.15) is 6.71 Å². The second-order valence-electron chi connectivity index (χ2n) is 5.20. The summed E-state index contributed by atoms with van der Waals surface area (Å²) in [6.45, 7) is 5.95. The van der Waals surface area contributed by atoms with E-state index in [1.54, 1.807) is 25.7 Å². The van der Waals surface area contributed by atoms with Crippen molar-refractivity contribution in [1.29, 1.82) is 0 Å². The van der Waals surface area contributed by atoms with E-state index in [0.717, 1.165) is 24.2 Å². The summed E-state index contributed by atoms with van der Waals surface area (Å²) in [5.41, 5.74) is 0. The smallest absolute Gasteiger partial charge is 0.0693 e. The van der Waals surface area contributed by atoms with Crippen LogP contribution in [0.2, 0.25) is 17.5 Å². The molecule has 0 nitrogen and oxygen atoms in total. The Morgan fingerprint density at radius 3 is 1.58 bits per heavy atom. The van der Waals surface area contributed by atoms with Crippen molar-refractivity contribution in [2.75, 3.05) is 0 Å². The monoisotopic (exact) mass is 164 g/mol. The van der Waals surface area contributed by atoms with Gasteiger partial charge in [0.25, 0.3) is 0 Å². The summed E-state index contributed by atoms with van der Waals surface area (Å²) in [5, 5.41) is 0. The van der Waals surface area contributed by atoms with Crippen LogP contribution >= 0.6 is 0 Å². The van der Waals surface area contributed by atoms with Crippen LogP contribution in [0.4, 0.5) is 0 Å². The third kappa shape index (κ3) is 1.43. The Hall–Kier alpha value is 0.0649. The fraction of sp³-hybridized carbons (Fsp3) is 1.00. The molecule has 0 aliphatic carbocycles. The summed E-state index contributed by atoms with van der Waals surface area (Å²) in [5.74, 6) is 3.16. The molecule has 0 aromatic heterocycles. The van der Waals surface area contributed by atoms with Gasteiger partial charge < -0.3 is 0 Å². The van der Waals surface area contributed by atoms with Crippen LogP contribution in [0.3, 0.4) is 0 Å². The Morgan fingerprint density at radius 2 is 1.33 bits per heavy atom. The first-order valence-electron chi connectivity index (χ1n) is 5.79. The molecule has 0 unspecified atom stereocenters. The fourth-order valence-electron chi connectivity index (χ4n) is 3.82. The Balaban J connectivity index is 2.08. The van der Waals surface area contributed by atoms with Crippen molar-refractivity contribution in [2.45, 2.75) is 69.8 Å². The van der Waals surface area contributed by atoms with E-state index in [1.165, 1.54) is 12.8 Å². The number of hydrogen-bond acceptors (Lipinski definition) is 0. The van der Waals surface area contributed by atoms with E-state index in [9.17, 15) is 0 Å². The van der Waals surface area contributed by atoms with Gasteiger partial charge >= 0.3 is 0 Å². The first-order chi connectivity index (χ1) is 5.79. The first kappa shape index (κ1) is 8.65. The lowest BCUT2D eigenvalue weighted by atomic mass is 9.23. The van der Waals surface area contributed by atoms with Crippen LogP contribution in [0, 0.1) is 0 Å². The van der Waals surface area contributed by atoms with Gasteiger partial charge in [0, 0.05) is 0 Å². The first-order valence-corrected chi connectivity index (χ1v) is 5.79. The average Bonchev–Trinajstić information content (AvgIpc) is 2.02. The maximum atomic E-state index is 2.43. The zero-order chi connectivity index (χ0) is 8.55. The van der Waals surface area contributed by atoms with Gasteiger partial charge in [-0.15, -0.1) is 0 Å². The van der Waals surface area contributed by atoms with Gasteiger partial charge in [-0.05, 0) is 0 Å². The number of fused-ring (bicyclic) bond motifs is 2. The maximum Gasteiger partial charge on any atom is 0.149 e. The maximum absolute atomic E-state index is 2.43. The highest BCUT2D eigenvalue weighted by atomic mass is 14.3. The molecule has 0 aromatic carbocycles. The van der Waals surface area contributed by atoms with Crippen molar-refractivity contribution < 1.29 is 0 Å². The zero-order valence-electron chi connectivity index (χ0n) is 8.55. The number of rotatable bonds is 1. The van der Waals surface area contributed by atoms with Gasteiger partial charge in [-0.25, -0.2) is 0 Å². The molecule has 0 spiro atoms. The molecule has 2 aliphatic heterocycles. The minimum Gasteiger partial charge on any atom is -0.0693 e. The van der Waals surface area contributed by atoms with E-state index >= 15 is 0 Å². The second kappa shape index (κ2) is 3.43. The summed E-state index contributed by atoms with van der Waals surface area (Å²) in [6, 6.07) is 0. The topological polar surface area (TPSA) is 0 Å². The lowest BCUT2D eigenvalue weighted by molar-refractivity contribution is 0.437. The summed E-state index contributed by atoms with van der Waals surface area (Å²) in [6.07, 6.45) is 9.22. The molecular weight excluding hydrogens is 143 g/mol. The standard InChI is InChI=1S/C11H21B/c1-9(2)12-10-5-3-6-11(12)8-4-7-10/h9-11H,3-8H2,1-2H3/t10-,11+. The van der Waals surface area contributed by atoms with E-state index in [-0.39, 0.29) is 0 Å². The normalized spacial score (nSPS) is 35.8. The largest absolute Gasteiger partial charge is 0.149 e. The van der Waals surface area contributed by atoms with Gasteiger partial charge in [0.15, 0.2) is 0 Å². The molecule has 0 aromatic rings. The van der Waals surface area contributed by atoms with Gasteiger partial charge in [-0.3, -0.25) is 0 Å². The molecule has 0 amide bonds. The Morgan fingerprint density at radius 1 is 0.917 bits per heavy atom. The predicted octanol–water partition coefficient (Wildman–Crippen LogP) is 4.00. The lowest BCUT2D eigenvalue weighted by Gasteiger charge is -2.42. The number of hydrogen-bond donors (Lipinski definition) is 0. The third-order valence-corrected chi connectivity index (χ3v) is 4.16. The highest BCUT2D eigenvalue weighted by molar-refractivity contribution is 6.64. The van der Waals surface area contributed by atoms with Gasteiger partial charge in [0.05, 0.1) is 0 Å². The van der Waals surface area contributed by atoms with Crippen molar-refractivity contribution in [2.24, 2.45) is 0 Å². The van der Waals surface area contributed by atoms with Crippen molar-refractivity contribution in [3.05, 3.63) is 0 Å². The Labute approximate surface area is 77.2 Å². The van der Waals surface area contributed by atoms with E-state index in [1.807, 2.05) is 0 Å². The summed E-state index contributed by atoms with van der Waals surface area (Å²) in [7, 11) is 0. The molecule has 2 aliphatic rings. The summed E-state index contributed by atoms with van der Waals surface area (Å²) < 4.78 is 0. The molecule has 2 fully saturated rings. The average molecular weight is 164 g/mol. The molecule has 2 bridgehead atoms. The molecule has 68 valence electrons. The van der Waals surface area contributed by atoms with Crippen LogP contribution in [0.25, 0.3) is 0 Å². The third-order valence-electron chi connectivity index (χ3n) is 4.16. The molecule has 2 rings (SSSR count). The molecule has 2 saturated heterocycles. The van der Waals surface area contributed by atoms with Crippen LogP contribution in [0.15, 0.2) is 0 Å². The molecule has 0 N–H and O–H groups in total. The molecule has 12 heavy (non-hydrogen) atoms. The Bertz CT molecular complexity index is 131. The predicted molar refractivity (Wildman–Crippen MR) is 56.1 cm³/mol. The van der Waals surface area contributed by atoms with E-state index in [0.29, 0.717) is 0 Å². The van der Waals surface area contributed by atoms with Crippen LogP contribution in [-0.4, -0.2) is 6.71 Å². The summed E-state index contributed by atoms with van der Waals surface area (Å²) in [4.78, 5) is 0. The van der Waals surface area contributed by atoms with Crippen molar-refractivity contribution in [1.82, 2.24) is 0 Å². The van der Waals surface area contributed by atoms with Gasteiger partial charge in [-0.1, -0.05) is 69.8 Å². The van der Waals surface area contributed by atoms with Crippen molar-refractivity contribution >= 4 is 6.71 Å². The fourth-order valence-corrected chi connectivity index (χ4v) is 3.82.